The van der Waals surface area contributed by atoms with Gasteiger partial charge in [-0.2, -0.15) is 21.9 Å². The van der Waals surface area contributed by atoms with Crippen LogP contribution in [-0.4, -0.2) is 13.0 Å². The maximum atomic E-state index is 10.6. The molecule has 18 heavy (non-hydrogen) atoms. The Bertz CT molecular complexity index is 525. The van der Waals surface area contributed by atoms with Crippen LogP contribution in [0.3, 0.4) is 0 Å². The average Bonchev–Trinajstić information content (AvgIpc) is 2.31. The van der Waals surface area contributed by atoms with Crippen molar-refractivity contribution in [1.82, 2.24) is 0 Å². The van der Waals surface area contributed by atoms with Crippen LogP contribution in [0.2, 0.25) is 0 Å². The monoisotopic (exact) mass is 284 g/mol. The molecule has 0 radical (unpaired) electrons. The summed E-state index contributed by atoms with van der Waals surface area (Å²) in [5.74, 6) is 0. The fourth-order valence-corrected chi connectivity index (χ4v) is 1.96. The largest absolute Gasteiger partial charge is 0.294 e. The van der Waals surface area contributed by atoms with Crippen LogP contribution in [0.4, 0.5) is 0 Å². The quantitative estimate of drug-likeness (QED) is 0.819. The van der Waals surface area contributed by atoms with E-state index >= 15 is 0 Å². The zero-order valence-corrected chi connectivity index (χ0v) is 11.8. The summed E-state index contributed by atoms with van der Waals surface area (Å²) in [5.41, 5.74) is 0.551. The maximum Gasteiger partial charge on any atom is 0.294 e. The Morgan fingerprint density at radius 2 is 1.22 bits per heavy atom. The van der Waals surface area contributed by atoms with Crippen molar-refractivity contribution in [3.8, 4) is 0 Å². The summed E-state index contributed by atoms with van der Waals surface area (Å²) in [4.78, 5) is -0.0278. The first-order valence-electron chi connectivity index (χ1n) is 5.05. The van der Waals surface area contributed by atoms with E-state index in [0.717, 1.165) is 0 Å². The highest BCUT2D eigenvalue weighted by Crippen LogP contribution is 2.12. The first-order chi connectivity index (χ1) is 8.02. The van der Waals surface area contributed by atoms with E-state index in [2.05, 4.69) is 0 Å². The van der Waals surface area contributed by atoms with Crippen molar-refractivity contribution in [3.63, 3.8) is 0 Å². The van der Waals surface area contributed by atoms with Crippen molar-refractivity contribution in [2.75, 3.05) is 0 Å². The molecular formula is C13H16O3S2. The van der Waals surface area contributed by atoms with Gasteiger partial charge in [0.1, 0.15) is 0 Å². The van der Waals surface area contributed by atoms with Crippen molar-refractivity contribution in [1.29, 1.82) is 0 Å². The Labute approximate surface area is 115 Å². The Kier molecular flexibility index (Phi) is 7.35. The molecule has 0 unspecified atom stereocenters. The number of aryl methyl sites for hydroxylation is 1. The number of hydrogen-bond donors (Lipinski definition) is 1. The van der Waals surface area contributed by atoms with E-state index in [4.69, 9.17) is 4.55 Å². The normalized spacial score (nSPS) is 9.67. The van der Waals surface area contributed by atoms with Gasteiger partial charge in [0.05, 0.1) is 4.90 Å². The molecule has 2 aromatic carbocycles. The summed E-state index contributed by atoms with van der Waals surface area (Å²) in [5, 5.41) is 0. The van der Waals surface area contributed by atoms with Crippen LogP contribution in [-0.2, 0) is 10.1 Å². The van der Waals surface area contributed by atoms with Crippen molar-refractivity contribution in [2.24, 2.45) is 0 Å². The van der Waals surface area contributed by atoms with E-state index in [1.54, 1.807) is 25.1 Å². The van der Waals surface area contributed by atoms with Gasteiger partial charge in [0.2, 0.25) is 0 Å². The number of benzene rings is 2. The van der Waals surface area contributed by atoms with Gasteiger partial charge in [-0.3, -0.25) is 4.55 Å². The van der Waals surface area contributed by atoms with Crippen LogP contribution in [0.5, 0.6) is 0 Å². The molecular weight excluding hydrogens is 268 g/mol. The van der Waals surface area contributed by atoms with Crippen molar-refractivity contribution >= 4 is 23.6 Å². The first kappa shape index (κ1) is 16.7. The van der Waals surface area contributed by atoms with E-state index in [9.17, 15) is 8.42 Å². The van der Waals surface area contributed by atoms with Crippen LogP contribution < -0.4 is 0 Å². The van der Waals surface area contributed by atoms with Gasteiger partial charge in [-0.15, -0.1) is 0 Å². The standard InChI is InChI=1S/C7H8O3S.C6H6.H2S/c1-6-4-2-3-5-7(6)11(8,9)10;1-2-4-6-5-3-1;/h2-5H,1H3,(H,8,9,10);1-6H;1H2. The minimum Gasteiger partial charge on any atom is -0.282 e. The molecule has 0 amide bonds. The van der Waals surface area contributed by atoms with Gasteiger partial charge >= 0.3 is 0 Å². The summed E-state index contributed by atoms with van der Waals surface area (Å²) < 4.78 is 29.9. The molecule has 0 spiro atoms. The van der Waals surface area contributed by atoms with Crippen LogP contribution in [0.15, 0.2) is 65.6 Å². The minimum atomic E-state index is -4.03. The van der Waals surface area contributed by atoms with Crippen molar-refractivity contribution < 1.29 is 13.0 Å². The molecule has 0 saturated carbocycles. The molecule has 98 valence electrons. The smallest absolute Gasteiger partial charge is 0.282 e. The average molecular weight is 284 g/mol. The molecule has 0 saturated heterocycles. The lowest BCUT2D eigenvalue weighted by Crippen LogP contribution is -1.99. The number of rotatable bonds is 1. The SMILES string of the molecule is Cc1ccccc1S(=O)(=O)O.S.c1ccccc1. The summed E-state index contributed by atoms with van der Waals surface area (Å²) in [6, 6.07) is 18.3. The molecule has 1 N–H and O–H groups in total. The Hall–Kier alpha value is -1.30. The van der Waals surface area contributed by atoms with Gasteiger partial charge in [-0.05, 0) is 18.6 Å². The molecule has 2 aromatic rings. The van der Waals surface area contributed by atoms with Crippen LogP contribution in [0.25, 0.3) is 0 Å². The fraction of sp³-hybridized carbons (Fsp3) is 0.0769. The second-order valence-electron chi connectivity index (χ2n) is 3.40. The number of hydrogen-bond acceptors (Lipinski definition) is 2. The van der Waals surface area contributed by atoms with E-state index < -0.39 is 10.1 Å². The third kappa shape index (κ3) is 5.86. The molecule has 0 aromatic heterocycles. The van der Waals surface area contributed by atoms with Crippen LogP contribution >= 0.6 is 13.5 Å². The predicted molar refractivity (Wildman–Crippen MR) is 77.8 cm³/mol. The van der Waals surface area contributed by atoms with E-state index in [1.165, 1.54) is 6.07 Å². The van der Waals surface area contributed by atoms with Gasteiger partial charge in [0.25, 0.3) is 10.1 Å². The van der Waals surface area contributed by atoms with Gasteiger partial charge in [-0.1, -0.05) is 54.6 Å². The highest BCUT2D eigenvalue weighted by atomic mass is 32.2. The molecule has 0 aliphatic heterocycles. The third-order valence-electron chi connectivity index (χ3n) is 2.04. The van der Waals surface area contributed by atoms with Crippen LogP contribution in [0, 0.1) is 6.92 Å². The van der Waals surface area contributed by atoms with Crippen LogP contribution in [0.1, 0.15) is 5.56 Å². The molecule has 0 bridgehead atoms. The summed E-state index contributed by atoms with van der Waals surface area (Å²) in [6.45, 7) is 1.63. The van der Waals surface area contributed by atoms with Gasteiger partial charge in [0, 0.05) is 0 Å². The molecule has 5 heteroatoms. The van der Waals surface area contributed by atoms with Gasteiger partial charge in [-0.25, -0.2) is 0 Å². The highest BCUT2D eigenvalue weighted by Gasteiger charge is 2.10. The Morgan fingerprint density at radius 3 is 1.50 bits per heavy atom. The first-order valence-corrected chi connectivity index (χ1v) is 6.49. The molecule has 0 fully saturated rings. The Morgan fingerprint density at radius 1 is 0.833 bits per heavy atom. The van der Waals surface area contributed by atoms with E-state index in [1.807, 2.05) is 36.4 Å². The fourth-order valence-electron chi connectivity index (χ4n) is 1.23. The molecule has 0 aliphatic carbocycles. The lowest BCUT2D eigenvalue weighted by molar-refractivity contribution is 0.482. The molecule has 2 rings (SSSR count). The van der Waals surface area contributed by atoms with Crippen molar-refractivity contribution in [3.05, 3.63) is 66.2 Å². The van der Waals surface area contributed by atoms with Gasteiger partial charge in [0.15, 0.2) is 0 Å². The molecule has 3 nitrogen and oxygen atoms in total. The summed E-state index contributed by atoms with van der Waals surface area (Å²) in [7, 11) is -4.03. The highest BCUT2D eigenvalue weighted by molar-refractivity contribution is 7.85. The summed E-state index contributed by atoms with van der Waals surface area (Å²) in [6.07, 6.45) is 0. The second kappa shape index (κ2) is 7.92. The van der Waals surface area contributed by atoms with E-state index in [0.29, 0.717) is 5.56 Å². The topological polar surface area (TPSA) is 54.4 Å². The Balaban J connectivity index is 0.000000352. The van der Waals surface area contributed by atoms with Gasteiger partial charge < -0.3 is 0 Å². The lowest BCUT2D eigenvalue weighted by atomic mass is 10.2. The molecule has 0 atom stereocenters. The molecule has 0 heterocycles. The maximum absolute atomic E-state index is 10.6. The predicted octanol–water partition coefficient (Wildman–Crippen LogP) is 3.04. The van der Waals surface area contributed by atoms with E-state index in [-0.39, 0.29) is 18.4 Å². The zero-order valence-electron chi connectivity index (χ0n) is 9.95. The lowest BCUT2D eigenvalue weighted by Gasteiger charge is -1.99. The molecule has 0 aliphatic rings. The third-order valence-corrected chi connectivity index (χ3v) is 3.05. The minimum absolute atomic E-state index is 0. The van der Waals surface area contributed by atoms with Crippen molar-refractivity contribution in [2.45, 2.75) is 11.8 Å². The summed E-state index contributed by atoms with van der Waals surface area (Å²) >= 11 is 0. The second-order valence-corrected chi connectivity index (χ2v) is 4.79. The zero-order chi connectivity index (χ0) is 12.7.